The average Bonchev–Trinajstić information content (AvgIpc) is 3.08. The molecule has 0 saturated carbocycles. The smallest absolute Gasteiger partial charge is 0.462 e. The van der Waals surface area contributed by atoms with Gasteiger partial charge in [0.2, 0.25) is 0 Å². The van der Waals surface area contributed by atoms with Crippen LogP contribution in [-0.4, -0.2) is 41.0 Å². The van der Waals surface area contributed by atoms with Crippen LogP contribution in [0.5, 0.6) is 0 Å². The Morgan fingerprint density at radius 3 is 1.40 bits per heavy atom. The van der Waals surface area contributed by atoms with Gasteiger partial charge in [-0.1, -0.05) is 140 Å². The summed E-state index contributed by atoms with van der Waals surface area (Å²) in [5.41, 5.74) is 0. The van der Waals surface area contributed by atoms with Crippen molar-refractivity contribution in [3.63, 3.8) is 0 Å². The Kier molecular flexibility index (Phi) is 35.3. The van der Waals surface area contributed by atoms with Crippen LogP contribution in [0.2, 0.25) is 0 Å². The zero-order valence-electron chi connectivity index (χ0n) is 31.8. The number of esters is 2. The molecule has 0 aromatic carbocycles. The van der Waals surface area contributed by atoms with E-state index in [0.29, 0.717) is 12.8 Å². The second kappa shape index (κ2) is 36.8. The second-order valence-corrected chi connectivity index (χ2v) is 14.5. The van der Waals surface area contributed by atoms with E-state index in [1.165, 1.54) is 57.8 Å². The normalized spacial score (nSPS) is 13.0. The van der Waals surface area contributed by atoms with Crippen molar-refractivity contribution in [1.82, 2.24) is 0 Å². The molecule has 0 radical (unpaired) electrons. The molecule has 0 aromatic heterocycles. The van der Waals surface area contributed by atoms with Crippen molar-refractivity contribution in [2.75, 3.05) is 13.2 Å². The maximum absolute atomic E-state index is 12.4. The van der Waals surface area contributed by atoms with E-state index in [-0.39, 0.29) is 19.4 Å². The van der Waals surface area contributed by atoms with Crippen LogP contribution in [0.15, 0.2) is 48.6 Å². The fraction of sp³-hybridized carbons (Fsp3) is 0.756. The molecule has 2 N–H and O–H groups in total. The van der Waals surface area contributed by atoms with Crippen LogP contribution in [0.25, 0.3) is 0 Å². The molecular weight excluding hydrogens is 651 g/mol. The van der Waals surface area contributed by atoms with E-state index in [1.807, 2.05) is 0 Å². The van der Waals surface area contributed by atoms with Crippen molar-refractivity contribution in [2.45, 2.75) is 187 Å². The lowest BCUT2D eigenvalue weighted by Gasteiger charge is -2.18. The third-order valence-corrected chi connectivity index (χ3v) is 8.81. The highest BCUT2D eigenvalue weighted by Gasteiger charge is 2.22. The van der Waals surface area contributed by atoms with E-state index < -0.39 is 32.5 Å². The molecule has 0 saturated heterocycles. The van der Waals surface area contributed by atoms with Gasteiger partial charge in [0.1, 0.15) is 6.61 Å². The molecule has 0 fully saturated rings. The van der Waals surface area contributed by atoms with Crippen molar-refractivity contribution in [2.24, 2.45) is 0 Å². The second-order valence-electron chi connectivity index (χ2n) is 13.2. The number of rotatable bonds is 36. The Morgan fingerprint density at radius 1 is 0.520 bits per heavy atom. The van der Waals surface area contributed by atoms with Crippen LogP contribution in [0.1, 0.15) is 181 Å². The molecule has 0 aromatic rings. The van der Waals surface area contributed by atoms with Crippen LogP contribution in [0.4, 0.5) is 0 Å². The minimum atomic E-state index is -4.76. The molecule has 0 rings (SSSR count). The molecule has 0 bridgehead atoms. The highest BCUT2D eigenvalue weighted by Crippen LogP contribution is 2.36. The summed E-state index contributed by atoms with van der Waals surface area (Å²) in [5, 5.41) is 0. The minimum absolute atomic E-state index is 0.194. The van der Waals surface area contributed by atoms with Gasteiger partial charge in [0, 0.05) is 12.8 Å². The van der Waals surface area contributed by atoms with Crippen molar-refractivity contribution < 1.29 is 37.9 Å². The number of phosphoric acid groups is 1. The number of phosphoric ester groups is 1. The summed E-state index contributed by atoms with van der Waals surface area (Å²) in [6, 6.07) is 0. The number of hydrogen-bond acceptors (Lipinski definition) is 6. The van der Waals surface area contributed by atoms with Gasteiger partial charge >= 0.3 is 19.8 Å². The van der Waals surface area contributed by atoms with Crippen molar-refractivity contribution in [3.8, 4) is 0 Å². The molecule has 0 aliphatic rings. The summed E-state index contributed by atoms with van der Waals surface area (Å²) in [6.45, 7) is 3.62. The molecule has 8 nitrogen and oxygen atoms in total. The molecule has 50 heavy (non-hydrogen) atoms. The quantitative estimate of drug-likeness (QED) is 0.0284. The van der Waals surface area contributed by atoms with E-state index in [0.717, 1.165) is 83.5 Å². The van der Waals surface area contributed by atoms with Gasteiger partial charge in [-0.25, -0.2) is 4.57 Å². The van der Waals surface area contributed by atoms with Crippen LogP contribution >= 0.6 is 7.82 Å². The summed E-state index contributed by atoms with van der Waals surface area (Å²) in [5.74, 6) is -0.911. The monoisotopic (exact) mass is 725 g/mol. The fourth-order valence-electron chi connectivity index (χ4n) is 5.31. The van der Waals surface area contributed by atoms with Crippen molar-refractivity contribution in [1.29, 1.82) is 0 Å². The van der Waals surface area contributed by atoms with Gasteiger partial charge in [-0.3, -0.25) is 14.1 Å². The molecule has 0 aliphatic carbocycles. The Bertz CT molecular complexity index is 952. The molecular formula is C41H73O8P. The standard InChI is InChI=1S/C41H73O8P/c1-3-5-7-9-11-13-15-17-18-19-20-21-22-24-26-28-30-32-34-36-41(43)49-39(38-48-50(44,45)46)37-47-40(42)35-33-31-29-27-25-23-16-14-12-10-8-6-4-2/h11,13-14,16-18,20-21,39H,3-10,12,15,19,22-38H2,1-2H3,(H2,44,45,46)/b13-11-,16-14-,18-17-,21-20-. The van der Waals surface area contributed by atoms with E-state index >= 15 is 0 Å². The Balaban J connectivity index is 3.98. The maximum Gasteiger partial charge on any atom is 0.469 e. The van der Waals surface area contributed by atoms with Crippen LogP contribution in [-0.2, 0) is 28.2 Å². The number of carbonyl (C=O) groups is 2. The van der Waals surface area contributed by atoms with Gasteiger partial charge < -0.3 is 19.3 Å². The zero-order valence-corrected chi connectivity index (χ0v) is 32.7. The predicted molar refractivity (Wildman–Crippen MR) is 207 cm³/mol. The first-order chi connectivity index (χ1) is 24.3. The Labute approximate surface area is 305 Å². The number of carbonyl (C=O) groups excluding carboxylic acids is 2. The summed E-state index contributed by atoms with van der Waals surface area (Å²) in [7, 11) is -4.76. The highest BCUT2D eigenvalue weighted by atomic mass is 31.2. The largest absolute Gasteiger partial charge is 0.469 e. The number of unbranched alkanes of at least 4 members (excludes halogenated alkanes) is 18. The minimum Gasteiger partial charge on any atom is -0.462 e. The first kappa shape index (κ1) is 48.0. The van der Waals surface area contributed by atoms with Gasteiger partial charge in [0.05, 0.1) is 6.61 Å². The summed E-state index contributed by atoms with van der Waals surface area (Å²) < 4.78 is 26.3. The molecule has 0 heterocycles. The van der Waals surface area contributed by atoms with E-state index in [4.69, 9.17) is 19.3 Å². The third kappa shape index (κ3) is 38.8. The molecule has 9 heteroatoms. The highest BCUT2D eigenvalue weighted by molar-refractivity contribution is 7.46. The van der Waals surface area contributed by atoms with Gasteiger partial charge in [0.15, 0.2) is 6.10 Å². The summed E-state index contributed by atoms with van der Waals surface area (Å²) >= 11 is 0. The lowest BCUT2D eigenvalue weighted by atomic mass is 10.1. The zero-order chi connectivity index (χ0) is 36.8. The Morgan fingerprint density at radius 2 is 0.900 bits per heavy atom. The average molecular weight is 725 g/mol. The first-order valence-corrected chi connectivity index (χ1v) is 21.5. The van der Waals surface area contributed by atoms with E-state index in [2.05, 4.69) is 67.0 Å². The molecule has 290 valence electrons. The summed E-state index contributed by atoms with van der Waals surface area (Å²) in [4.78, 5) is 42.7. The summed E-state index contributed by atoms with van der Waals surface area (Å²) in [6.07, 6.45) is 44.0. The van der Waals surface area contributed by atoms with Crippen molar-refractivity contribution in [3.05, 3.63) is 48.6 Å². The molecule has 0 amide bonds. The Hall–Kier alpha value is -1.99. The van der Waals surface area contributed by atoms with Crippen LogP contribution < -0.4 is 0 Å². The van der Waals surface area contributed by atoms with Gasteiger partial charge in [0.25, 0.3) is 0 Å². The molecule has 1 atom stereocenters. The maximum atomic E-state index is 12.4. The number of hydrogen-bond donors (Lipinski definition) is 2. The van der Waals surface area contributed by atoms with Gasteiger partial charge in [-0.15, -0.1) is 0 Å². The number of allylic oxidation sites excluding steroid dienone is 8. The lowest BCUT2D eigenvalue weighted by Crippen LogP contribution is -2.29. The number of ether oxygens (including phenoxy) is 2. The van der Waals surface area contributed by atoms with E-state index in [1.54, 1.807) is 0 Å². The predicted octanol–water partition coefficient (Wildman–Crippen LogP) is 12.0. The first-order valence-electron chi connectivity index (χ1n) is 19.9. The molecule has 1 unspecified atom stereocenters. The van der Waals surface area contributed by atoms with Crippen LogP contribution in [0.3, 0.4) is 0 Å². The SMILES string of the molecule is CCCCC/C=C\C/C=C\C/C=C\CCCCCCCCC(=O)OC(COC(=O)CCCCCCC/C=C\CCCCCC)COP(=O)(O)O. The molecule has 0 aliphatic heterocycles. The van der Waals surface area contributed by atoms with Gasteiger partial charge in [-0.05, 0) is 77.0 Å². The van der Waals surface area contributed by atoms with Crippen molar-refractivity contribution >= 4 is 19.8 Å². The third-order valence-electron chi connectivity index (χ3n) is 8.32. The van der Waals surface area contributed by atoms with E-state index in [9.17, 15) is 14.2 Å². The fourth-order valence-corrected chi connectivity index (χ4v) is 5.67. The molecule has 0 spiro atoms. The van der Waals surface area contributed by atoms with Crippen LogP contribution in [0, 0.1) is 0 Å². The lowest BCUT2D eigenvalue weighted by molar-refractivity contribution is -0.161. The van der Waals surface area contributed by atoms with Gasteiger partial charge in [-0.2, -0.15) is 0 Å². The topological polar surface area (TPSA) is 119 Å².